The summed E-state index contributed by atoms with van der Waals surface area (Å²) in [6.45, 7) is 11.1. The molecule has 0 aliphatic heterocycles. The van der Waals surface area contributed by atoms with E-state index in [1.807, 2.05) is 0 Å². The van der Waals surface area contributed by atoms with Crippen LogP contribution in [0.15, 0.2) is 10.5 Å². The van der Waals surface area contributed by atoms with E-state index < -0.39 is 0 Å². The van der Waals surface area contributed by atoms with Crippen LogP contribution in [0.5, 0.6) is 0 Å². The SMILES string of the molecule is Cc1cc(-c2nnc(CNC(C)(C)C)o2)sc1C. The predicted octanol–water partition coefficient (Wildman–Crippen LogP) is 3.30. The molecule has 0 amide bonds. The Balaban J connectivity index is 2.11. The monoisotopic (exact) mass is 265 g/mol. The lowest BCUT2D eigenvalue weighted by molar-refractivity contribution is 0.384. The molecule has 18 heavy (non-hydrogen) atoms. The van der Waals surface area contributed by atoms with Gasteiger partial charge in [0, 0.05) is 10.4 Å². The fraction of sp³-hybridized carbons (Fsp3) is 0.538. The van der Waals surface area contributed by atoms with E-state index in [0.29, 0.717) is 18.3 Å². The van der Waals surface area contributed by atoms with Crippen molar-refractivity contribution in [1.82, 2.24) is 15.5 Å². The fourth-order valence-corrected chi connectivity index (χ4v) is 2.40. The lowest BCUT2D eigenvalue weighted by atomic mass is 10.1. The van der Waals surface area contributed by atoms with Crippen LogP contribution < -0.4 is 5.32 Å². The zero-order valence-corrected chi connectivity index (χ0v) is 12.3. The normalized spacial score (nSPS) is 12.1. The van der Waals surface area contributed by atoms with Crippen molar-refractivity contribution in [2.45, 2.75) is 46.7 Å². The highest BCUT2D eigenvalue weighted by Gasteiger charge is 2.14. The Morgan fingerprint density at radius 3 is 2.56 bits per heavy atom. The Hall–Kier alpha value is -1.20. The molecule has 0 fully saturated rings. The molecule has 0 saturated heterocycles. The van der Waals surface area contributed by atoms with Crippen LogP contribution in [0.2, 0.25) is 0 Å². The highest BCUT2D eigenvalue weighted by molar-refractivity contribution is 7.15. The molecule has 0 aliphatic carbocycles. The molecule has 1 N–H and O–H groups in total. The average Bonchev–Trinajstić information content (AvgIpc) is 2.83. The molecule has 98 valence electrons. The van der Waals surface area contributed by atoms with Crippen molar-refractivity contribution in [1.29, 1.82) is 0 Å². The zero-order valence-electron chi connectivity index (χ0n) is 11.5. The maximum Gasteiger partial charge on any atom is 0.257 e. The fourth-order valence-electron chi connectivity index (χ4n) is 1.44. The Kier molecular flexibility index (Phi) is 3.54. The molecular formula is C13H19N3OS. The number of nitrogens with zero attached hydrogens (tertiary/aromatic N) is 2. The van der Waals surface area contributed by atoms with Crippen molar-refractivity contribution in [3.63, 3.8) is 0 Å². The van der Waals surface area contributed by atoms with E-state index in [2.05, 4.69) is 56.2 Å². The molecule has 0 spiro atoms. The van der Waals surface area contributed by atoms with Gasteiger partial charge in [0.15, 0.2) is 0 Å². The average molecular weight is 265 g/mol. The molecule has 0 saturated carbocycles. The third-order valence-electron chi connectivity index (χ3n) is 2.61. The van der Waals surface area contributed by atoms with E-state index in [-0.39, 0.29) is 5.54 Å². The third-order valence-corrected chi connectivity index (χ3v) is 3.75. The Bertz CT molecular complexity index is 517. The van der Waals surface area contributed by atoms with Gasteiger partial charge in [-0.1, -0.05) is 0 Å². The van der Waals surface area contributed by atoms with Crippen molar-refractivity contribution < 1.29 is 4.42 Å². The number of hydrogen-bond donors (Lipinski definition) is 1. The number of hydrogen-bond acceptors (Lipinski definition) is 5. The second-order valence-electron chi connectivity index (χ2n) is 5.45. The molecule has 4 nitrogen and oxygen atoms in total. The molecule has 0 radical (unpaired) electrons. The largest absolute Gasteiger partial charge is 0.419 e. The van der Waals surface area contributed by atoms with Gasteiger partial charge in [-0.15, -0.1) is 21.5 Å². The number of nitrogens with one attached hydrogen (secondary N) is 1. The van der Waals surface area contributed by atoms with Crippen LogP contribution in [0.1, 0.15) is 37.1 Å². The smallest absolute Gasteiger partial charge is 0.257 e. The minimum atomic E-state index is 0.0464. The van der Waals surface area contributed by atoms with E-state index in [0.717, 1.165) is 4.88 Å². The summed E-state index contributed by atoms with van der Waals surface area (Å²) in [6, 6.07) is 2.09. The van der Waals surface area contributed by atoms with E-state index in [4.69, 9.17) is 4.42 Å². The molecule has 0 atom stereocenters. The minimum Gasteiger partial charge on any atom is -0.419 e. The zero-order chi connectivity index (χ0) is 13.3. The first kappa shape index (κ1) is 13.2. The van der Waals surface area contributed by atoms with Gasteiger partial charge in [0.1, 0.15) is 0 Å². The quantitative estimate of drug-likeness (QED) is 0.925. The highest BCUT2D eigenvalue weighted by Crippen LogP contribution is 2.29. The van der Waals surface area contributed by atoms with Gasteiger partial charge in [-0.25, -0.2) is 0 Å². The van der Waals surface area contributed by atoms with Gasteiger partial charge >= 0.3 is 0 Å². The van der Waals surface area contributed by atoms with Crippen LogP contribution in [-0.2, 0) is 6.54 Å². The van der Waals surface area contributed by atoms with Gasteiger partial charge in [-0.3, -0.25) is 0 Å². The van der Waals surface area contributed by atoms with Crippen LogP contribution in [0.3, 0.4) is 0 Å². The van der Waals surface area contributed by atoms with Crippen molar-refractivity contribution in [2.24, 2.45) is 0 Å². The van der Waals surface area contributed by atoms with Crippen molar-refractivity contribution >= 4 is 11.3 Å². The van der Waals surface area contributed by atoms with Gasteiger partial charge in [0.05, 0.1) is 11.4 Å². The van der Waals surface area contributed by atoms with Crippen LogP contribution in [0.4, 0.5) is 0 Å². The van der Waals surface area contributed by atoms with E-state index >= 15 is 0 Å². The summed E-state index contributed by atoms with van der Waals surface area (Å²) in [5.41, 5.74) is 1.31. The molecule has 0 aromatic carbocycles. The molecule has 2 aromatic rings. The summed E-state index contributed by atoms with van der Waals surface area (Å²) in [5.74, 6) is 1.24. The summed E-state index contributed by atoms with van der Waals surface area (Å²) >= 11 is 1.69. The summed E-state index contributed by atoms with van der Waals surface area (Å²) < 4.78 is 5.66. The summed E-state index contributed by atoms with van der Waals surface area (Å²) in [6.07, 6.45) is 0. The standard InChI is InChI=1S/C13H19N3OS/c1-8-6-10(18-9(8)2)12-16-15-11(17-12)7-14-13(3,4)5/h6,14H,7H2,1-5H3. The lowest BCUT2D eigenvalue weighted by Gasteiger charge is -2.18. The Morgan fingerprint density at radius 2 is 2.00 bits per heavy atom. The van der Waals surface area contributed by atoms with Crippen LogP contribution in [0, 0.1) is 13.8 Å². The lowest BCUT2D eigenvalue weighted by Crippen LogP contribution is -2.35. The number of aromatic nitrogens is 2. The van der Waals surface area contributed by atoms with Crippen molar-refractivity contribution in [3.05, 3.63) is 22.4 Å². The molecule has 2 aromatic heterocycles. The molecular weight excluding hydrogens is 246 g/mol. The first-order valence-electron chi connectivity index (χ1n) is 6.00. The van der Waals surface area contributed by atoms with E-state index in [1.165, 1.54) is 10.4 Å². The van der Waals surface area contributed by atoms with Crippen LogP contribution in [0.25, 0.3) is 10.8 Å². The van der Waals surface area contributed by atoms with Gasteiger partial charge in [0.2, 0.25) is 5.89 Å². The third kappa shape index (κ3) is 3.17. The Labute approximate surface area is 111 Å². The summed E-state index contributed by atoms with van der Waals surface area (Å²) in [7, 11) is 0. The Morgan fingerprint density at radius 1 is 1.28 bits per heavy atom. The minimum absolute atomic E-state index is 0.0464. The summed E-state index contributed by atoms with van der Waals surface area (Å²) in [5, 5.41) is 11.5. The topological polar surface area (TPSA) is 51.0 Å². The molecule has 5 heteroatoms. The summed E-state index contributed by atoms with van der Waals surface area (Å²) in [4.78, 5) is 2.33. The molecule has 2 rings (SSSR count). The van der Waals surface area contributed by atoms with Crippen molar-refractivity contribution in [2.75, 3.05) is 0 Å². The van der Waals surface area contributed by atoms with Gasteiger partial charge in [-0.2, -0.15) is 0 Å². The maximum absolute atomic E-state index is 5.66. The van der Waals surface area contributed by atoms with Crippen molar-refractivity contribution in [3.8, 4) is 10.8 Å². The molecule has 0 aliphatic rings. The number of aryl methyl sites for hydroxylation is 2. The van der Waals surface area contributed by atoms with Gasteiger partial charge in [0.25, 0.3) is 5.89 Å². The van der Waals surface area contributed by atoms with Gasteiger partial charge in [-0.05, 0) is 46.2 Å². The second kappa shape index (κ2) is 4.82. The number of rotatable bonds is 3. The molecule has 0 bridgehead atoms. The highest BCUT2D eigenvalue weighted by atomic mass is 32.1. The van der Waals surface area contributed by atoms with Gasteiger partial charge < -0.3 is 9.73 Å². The van der Waals surface area contributed by atoms with Crippen LogP contribution in [-0.4, -0.2) is 15.7 Å². The van der Waals surface area contributed by atoms with E-state index in [1.54, 1.807) is 11.3 Å². The van der Waals surface area contributed by atoms with E-state index in [9.17, 15) is 0 Å². The second-order valence-corrected chi connectivity index (χ2v) is 6.71. The predicted molar refractivity (Wildman–Crippen MR) is 73.7 cm³/mol. The number of thiophene rings is 1. The van der Waals surface area contributed by atoms with Crippen LogP contribution >= 0.6 is 11.3 Å². The maximum atomic E-state index is 5.66. The first-order valence-corrected chi connectivity index (χ1v) is 6.81. The molecule has 0 unspecified atom stereocenters. The first-order chi connectivity index (χ1) is 8.35. The molecule has 2 heterocycles.